The lowest BCUT2D eigenvalue weighted by Gasteiger charge is -2.37. The van der Waals surface area contributed by atoms with Crippen molar-refractivity contribution in [1.82, 2.24) is 0 Å². The molecule has 130 valence electrons. The van der Waals surface area contributed by atoms with Gasteiger partial charge in [-0.2, -0.15) is 0 Å². The van der Waals surface area contributed by atoms with Crippen LogP contribution in [0.2, 0.25) is 0 Å². The van der Waals surface area contributed by atoms with Gasteiger partial charge in [-0.25, -0.2) is 0 Å². The molecule has 4 rings (SSSR count). The molecule has 6 atom stereocenters. The molecular weight excluding hydrogens is 298 g/mol. The third-order valence-corrected chi connectivity index (χ3v) is 6.42. The summed E-state index contributed by atoms with van der Waals surface area (Å²) in [7, 11) is 1.78. The van der Waals surface area contributed by atoms with Crippen LogP contribution in [-0.2, 0) is 4.74 Å². The van der Waals surface area contributed by atoms with Crippen LogP contribution in [0.5, 0.6) is 0 Å². The summed E-state index contributed by atoms with van der Waals surface area (Å²) in [4.78, 5) is 0. The van der Waals surface area contributed by atoms with Gasteiger partial charge >= 0.3 is 0 Å². The van der Waals surface area contributed by atoms with E-state index in [2.05, 4.69) is 32.1 Å². The molecule has 4 aliphatic rings. The maximum atomic E-state index is 10.9. The van der Waals surface area contributed by atoms with Crippen LogP contribution in [0.4, 0.5) is 0 Å². The fourth-order valence-corrected chi connectivity index (χ4v) is 5.15. The number of hydrogen-bond acceptors (Lipinski definition) is 3. The molecule has 24 heavy (non-hydrogen) atoms. The molecule has 0 amide bonds. The van der Waals surface area contributed by atoms with Gasteiger partial charge in [-0.15, -0.1) is 0 Å². The number of rotatable bonds is 1. The zero-order chi connectivity index (χ0) is 17.0. The van der Waals surface area contributed by atoms with E-state index in [4.69, 9.17) is 10.5 Å². The highest BCUT2D eigenvalue weighted by Gasteiger charge is 2.48. The van der Waals surface area contributed by atoms with Gasteiger partial charge in [0, 0.05) is 18.6 Å². The lowest BCUT2D eigenvalue weighted by Crippen LogP contribution is -2.36. The number of aliphatic hydroxyl groups excluding tert-OH is 1. The maximum absolute atomic E-state index is 10.9. The third-order valence-electron chi connectivity index (χ3n) is 6.42. The standard InChI is InChI=1S/C21H29NO2/c1-11-8-13-5-4-12(2)21(24-3)18(13)19-15(16-10-14(16)9-11)6-7-17(22)20(19)23/h4-6,11,14,16-18,21,23H,7-10,22H2,1-3H3. The predicted molar refractivity (Wildman–Crippen MR) is 96.5 cm³/mol. The van der Waals surface area contributed by atoms with Gasteiger partial charge in [0.25, 0.3) is 0 Å². The smallest absolute Gasteiger partial charge is 0.113 e. The van der Waals surface area contributed by atoms with Crippen LogP contribution in [0.3, 0.4) is 0 Å². The molecular formula is C21H29NO2. The van der Waals surface area contributed by atoms with Crippen molar-refractivity contribution in [1.29, 1.82) is 0 Å². The van der Waals surface area contributed by atoms with E-state index in [1.165, 1.54) is 29.6 Å². The largest absolute Gasteiger partial charge is 0.510 e. The SMILES string of the molecule is COC1C(C)=CC=C2CC(C)CC3CC3C3=CCC(N)C(O)=C3C21. The van der Waals surface area contributed by atoms with Gasteiger partial charge in [-0.3, -0.25) is 0 Å². The summed E-state index contributed by atoms with van der Waals surface area (Å²) in [6.45, 7) is 4.49. The van der Waals surface area contributed by atoms with Crippen LogP contribution in [0.1, 0.15) is 39.5 Å². The summed E-state index contributed by atoms with van der Waals surface area (Å²) in [6.07, 6.45) is 11.1. The molecule has 2 saturated carbocycles. The molecule has 0 aromatic heterocycles. The summed E-state index contributed by atoms with van der Waals surface area (Å²) in [6, 6.07) is -0.274. The Labute approximate surface area is 145 Å². The molecule has 3 heteroatoms. The Balaban J connectivity index is 1.87. The molecule has 0 bridgehead atoms. The zero-order valence-corrected chi connectivity index (χ0v) is 15.0. The number of methoxy groups -OCH3 is 1. The molecule has 0 aromatic rings. The van der Waals surface area contributed by atoms with Gasteiger partial charge < -0.3 is 15.6 Å². The van der Waals surface area contributed by atoms with E-state index in [1.807, 2.05) is 0 Å². The lowest BCUT2D eigenvalue weighted by atomic mass is 9.72. The Kier molecular flexibility index (Phi) is 3.97. The molecule has 0 radical (unpaired) electrons. The molecule has 0 saturated heterocycles. The summed E-state index contributed by atoms with van der Waals surface area (Å²) in [5.74, 6) is 2.58. The second-order valence-electron chi connectivity index (χ2n) is 8.23. The van der Waals surface area contributed by atoms with Gasteiger partial charge in [0.2, 0.25) is 0 Å². The van der Waals surface area contributed by atoms with Gasteiger partial charge in [-0.1, -0.05) is 30.7 Å². The van der Waals surface area contributed by atoms with Crippen LogP contribution in [0.15, 0.2) is 46.3 Å². The fraction of sp³-hybridized carbons (Fsp3) is 0.619. The number of nitrogens with two attached hydrogens (primary N) is 1. The molecule has 4 aliphatic carbocycles. The van der Waals surface area contributed by atoms with E-state index >= 15 is 0 Å². The van der Waals surface area contributed by atoms with Gasteiger partial charge in [0.1, 0.15) is 5.76 Å². The van der Waals surface area contributed by atoms with Gasteiger partial charge in [0.05, 0.1) is 12.1 Å². The number of aliphatic hydroxyl groups is 1. The predicted octanol–water partition coefficient (Wildman–Crippen LogP) is 4.04. The van der Waals surface area contributed by atoms with Crippen molar-refractivity contribution in [2.45, 2.75) is 51.7 Å². The quantitative estimate of drug-likeness (QED) is 0.764. The molecule has 0 aliphatic heterocycles. The molecule has 0 aromatic carbocycles. The average molecular weight is 327 g/mol. The van der Waals surface area contributed by atoms with Crippen molar-refractivity contribution < 1.29 is 9.84 Å². The minimum Gasteiger partial charge on any atom is -0.510 e. The average Bonchev–Trinajstić information content (AvgIpc) is 3.29. The summed E-state index contributed by atoms with van der Waals surface area (Å²) < 4.78 is 5.90. The van der Waals surface area contributed by atoms with E-state index in [0.717, 1.165) is 24.3 Å². The zero-order valence-electron chi connectivity index (χ0n) is 15.0. The summed E-state index contributed by atoms with van der Waals surface area (Å²) >= 11 is 0. The number of allylic oxidation sites excluding steroid dienone is 3. The minimum atomic E-state index is -0.274. The van der Waals surface area contributed by atoms with Crippen molar-refractivity contribution in [2.24, 2.45) is 29.4 Å². The Morgan fingerprint density at radius 2 is 2.04 bits per heavy atom. The van der Waals surface area contributed by atoms with Crippen LogP contribution < -0.4 is 5.73 Å². The lowest BCUT2D eigenvalue weighted by molar-refractivity contribution is 0.0998. The first-order valence-electron chi connectivity index (χ1n) is 9.30. The van der Waals surface area contributed by atoms with E-state index in [-0.39, 0.29) is 18.1 Å². The van der Waals surface area contributed by atoms with E-state index in [1.54, 1.807) is 7.11 Å². The maximum Gasteiger partial charge on any atom is 0.113 e. The topological polar surface area (TPSA) is 55.5 Å². The van der Waals surface area contributed by atoms with Crippen molar-refractivity contribution in [2.75, 3.05) is 7.11 Å². The van der Waals surface area contributed by atoms with Crippen molar-refractivity contribution >= 4 is 0 Å². The Morgan fingerprint density at radius 1 is 1.25 bits per heavy atom. The molecule has 2 fully saturated rings. The van der Waals surface area contributed by atoms with Crippen LogP contribution >= 0.6 is 0 Å². The Bertz CT molecular complexity index is 669. The molecule has 3 N–H and O–H groups in total. The monoisotopic (exact) mass is 327 g/mol. The van der Waals surface area contributed by atoms with Crippen molar-refractivity contribution in [3.05, 3.63) is 46.3 Å². The van der Waals surface area contributed by atoms with Crippen molar-refractivity contribution in [3.63, 3.8) is 0 Å². The first kappa shape index (κ1) is 16.2. The second-order valence-corrected chi connectivity index (χ2v) is 8.23. The van der Waals surface area contributed by atoms with Gasteiger partial charge in [-0.05, 0) is 61.5 Å². The molecule has 3 nitrogen and oxygen atoms in total. The molecule has 0 spiro atoms. The summed E-state index contributed by atoms with van der Waals surface area (Å²) in [5, 5.41) is 10.9. The highest BCUT2D eigenvalue weighted by atomic mass is 16.5. The third kappa shape index (κ3) is 2.49. The first-order chi connectivity index (χ1) is 11.5. The van der Waals surface area contributed by atoms with Gasteiger partial charge in [0.15, 0.2) is 0 Å². The van der Waals surface area contributed by atoms with E-state index < -0.39 is 0 Å². The first-order valence-corrected chi connectivity index (χ1v) is 9.30. The normalized spacial score (nSPS) is 41.6. The van der Waals surface area contributed by atoms with Crippen LogP contribution in [-0.4, -0.2) is 24.4 Å². The van der Waals surface area contributed by atoms with E-state index in [0.29, 0.717) is 17.6 Å². The number of hydrogen-bond donors (Lipinski definition) is 2. The Morgan fingerprint density at radius 3 is 2.79 bits per heavy atom. The Hall–Kier alpha value is -1.32. The minimum absolute atomic E-state index is 0.00153. The highest BCUT2D eigenvalue weighted by Crippen LogP contribution is 2.56. The van der Waals surface area contributed by atoms with E-state index in [9.17, 15) is 5.11 Å². The number of fused-ring (bicyclic) bond motifs is 5. The van der Waals surface area contributed by atoms with Crippen LogP contribution in [0.25, 0.3) is 0 Å². The molecule has 6 unspecified atom stereocenters. The highest BCUT2D eigenvalue weighted by molar-refractivity contribution is 5.51. The molecule has 0 heterocycles. The summed E-state index contributed by atoms with van der Waals surface area (Å²) in [5.41, 5.74) is 11.3. The second kappa shape index (κ2) is 5.89. The van der Waals surface area contributed by atoms with Crippen LogP contribution in [0, 0.1) is 23.7 Å². The fourth-order valence-electron chi connectivity index (χ4n) is 5.15. The number of ether oxygens (including phenoxy) is 1. The van der Waals surface area contributed by atoms with Crippen molar-refractivity contribution in [3.8, 4) is 0 Å².